The molecule has 3 heterocycles. The Morgan fingerprint density at radius 3 is 2.88 bits per heavy atom. The number of aromatic nitrogens is 5. The number of nitrogens with one attached hydrogen (secondary N) is 1. The molecule has 0 unspecified atom stereocenters. The Morgan fingerprint density at radius 2 is 2.12 bits per heavy atom. The zero-order chi connectivity index (χ0) is 11.5. The van der Waals surface area contributed by atoms with Crippen molar-refractivity contribution in [2.45, 2.75) is 18.9 Å². The molecule has 0 amide bonds. The first-order valence-corrected chi connectivity index (χ1v) is 5.84. The van der Waals surface area contributed by atoms with Gasteiger partial charge in [-0.25, -0.2) is 4.68 Å². The maximum atomic E-state index is 4.19. The van der Waals surface area contributed by atoms with Crippen molar-refractivity contribution in [2.24, 2.45) is 0 Å². The van der Waals surface area contributed by atoms with Gasteiger partial charge >= 0.3 is 0 Å². The van der Waals surface area contributed by atoms with Gasteiger partial charge in [-0.2, -0.15) is 5.10 Å². The highest BCUT2D eigenvalue weighted by atomic mass is 15.4. The summed E-state index contributed by atoms with van der Waals surface area (Å²) in [5, 5.41) is 19.5. The summed E-state index contributed by atoms with van der Waals surface area (Å²) in [4.78, 5) is 0. The maximum Gasteiger partial charge on any atom is 0.113 e. The summed E-state index contributed by atoms with van der Waals surface area (Å²) in [5.41, 5.74) is 1.78. The van der Waals surface area contributed by atoms with Gasteiger partial charge < -0.3 is 5.32 Å². The van der Waals surface area contributed by atoms with Crippen molar-refractivity contribution in [3.05, 3.63) is 24.5 Å². The highest BCUT2D eigenvalue weighted by Crippen LogP contribution is 2.23. The third-order valence-electron chi connectivity index (χ3n) is 3.06. The van der Waals surface area contributed by atoms with Gasteiger partial charge in [0, 0.05) is 6.20 Å². The average Bonchev–Trinajstić information content (AvgIpc) is 2.90. The van der Waals surface area contributed by atoms with Gasteiger partial charge in [-0.15, -0.1) is 10.2 Å². The molecule has 0 atom stereocenters. The monoisotopic (exact) mass is 230 g/mol. The lowest BCUT2D eigenvalue weighted by molar-refractivity contribution is 0.340. The topological polar surface area (TPSA) is 68.5 Å². The van der Waals surface area contributed by atoms with E-state index < -0.39 is 0 Å². The van der Waals surface area contributed by atoms with Gasteiger partial charge in [0.1, 0.15) is 11.4 Å². The molecule has 17 heavy (non-hydrogen) atoms. The van der Waals surface area contributed by atoms with E-state index in [2.05, 4.69) is 25.8 Å². The van der Waals surface area contributed by atoms with Crippen LogP contribution < -0.4 is 5.32 Å². The van der Waals surface area contributed by atoms with E-state index in [1.54, 1.807) is 12.4 Å². The summed E-state index contributed by atoms with van der Waals surface area (Å²) in [7, 11) is 0. The van der Waals surface area contributed by atoms with Crippen LogP contribution in [0, 0.1) is 0 Å². The minimum absolute atomic E-state index is 0.413. The largest absolute Gasteiger partial charge is 0.317 e. The highest BCUT2D eigenvalue weighted by molar-refractivity contribution is 5.51. The van der Waals surface area contributed by atoms with Crippen LogP contribution in [0.2, 0.25) is 0 Å². The normalized spacial score (nSPS) is 17.2. The summed E-state index contributed by atoms with van der Waals surface area (Å²) in [6, 6.07) is 4.22. The van der Waals surface area contributed by atoms with Gasteiger partial charge in [-0.05, 0) is 38.1 Å². The summed E-state index contributed by atoms with van der Waals surface area (Å²) in [5.74, 6) is 0. The molecule has 6 nitrogen and oxygen atoms in total. The molecule has 1 fully saturated rings. The van der Waals surface area contributed by atoms with Gasteiger partial charge in [-0.3, -0.25) is 0 Å². The van der Waals surface area contributed by atoms with Crippen molar-refractivity contribution < 1.29 is 0 Å². The standard InChI is InChI=1S/C11H14N6/c1-2-10(15-13-5-1)11-8-14-16-17(11)9-3-6-12-7-4-9/h1-2,5,8-9,12H,3-4,6-7H2. The van der Waals surface area contributed by atoms with Gasteiger partial charge in [0.2, 0.25) is 0 Å². The van der Waals surface area contributed by atoms with Crippen molar-refractivity contribution in [3.8, 4) is 11.4 Å². The summed E-state index contributed by atoms with van der Waals surface area (Å²) < 4.78 is 1.98. The van der Waals surface area contributed by atoms with E-state index in [-0.39, 0.29) is 0 Å². The lowest BCUT2D eigenvalue weighted by Gasteiger charge is -2.23. The van der Waals surface area contributed by atoms with Gasteiger partial charge in [0.25, 0.3) is 0 Å². The molecule has 1 aliphatic heterocycles. The van der Waals surface area contributed by atoms with Crippen LogP contribution in [0.1, 0.15) is 18.9 Å². The molecule has 2 aromatic rings. The smallest absolute Gasteiger partial charge is 0.113 e. The molecule has 0 spiro atoms. The van der Waals surface area contributed by atoms with Crippen molar-refractivity contribution in [2.75, 3.05) is 13.1 Å². The van der Waals surface area contributed by atoms with E-state index >= 15 is 0 Å². The summed E-state index contributed by atoms with van der Waals surface area (Å²) in [6.07, 6.45) is 5.58. The highest BCUT2D eigenvalue weighted by Gasteiger charge is 2.19. The molecule has 1 N–H and O–H groups in total. The molecule has 0 aromatic carbocycles. The molecule has 0 radical (unpaired) electrons. The van der Waals surface area contributed by atoms with Crippen molar-refractivity contribution >= 4 is 0 Å². The number of nitrogens with zero attached hydrogens (tertiary/aromatic N) is 5. The molecule has 0 aliphatic carbocycles. The summed E-state index contributed by atoms with van der Waals surface area (Å²) >= 11 is 0. The Bertz CT molecular complexity index is 474. The molecule has 88 valence electrons. The average molecular weight is 230 g/mol. The fraction of sp³-hybridized carbons (Fsp3) is 0.455. The Kier molecular flexibility index (Phi) is 2.79. The molecular formula is C11H14N6. The lowest BCUT2D eigenvalue weighted by atomic mass is 10.1. The van der Waals surface area contributed by atoms with Crippen LogP contribution in [0.3, 0.4) is 0 Å². The Morgan fingerprint density at radius 1 is 1.24 bits per heavy atom. The Labute approximate surface area is 99.1 Å². The molecule has 2 aromatic heterocycles. The van der Waals surface area contributed by atoms with Crippen LogP contribution in [-0.4, -0.2) is 38.3 Å². The molecule has 1 saturated heterocycles. The van der Waals surface area contributed by atoms with Crippen LogP contribution in [0.5, 0.6) is 0 Å². The fourth-order valence-corrected chi connectivity index (χ4v) is 2.19. The SMILES string of the molecule is c1cnnc(-c2cnnn2C2CCNCC2)c1. The molecule has 3 rings (SSSR count). The molecular weight excluding hydrogens is 216 g/mol. The second-order valence-electron chi connectivity index (χ2n) is 4.15. The van der Waals surface area contributed by atoms with Crippen LogP contribution >= 0.6 is 0 Å². The number of hydrogen-bond acceptors (Lipinski definition) is 5. The third kappa shape index (κ3) is 2.03. The van der Waals surface area contributed by atoms with Gasteiger partial charge in [-0.1, -0.05) is 5.21 Å². The van der Waals surface area contributed by atoms with Crippen LogP contribution in [-0.2, 0) is 0 Å². The lowest BCUT2D eigenvalue weighted by Crippen LogP contribution is -2.30. The van der Waals surface area contributed by atoms with Crippen LogP contribution in [0.4, 0.5) is 0 Å². The predicted molar refractivity (Wildman–Crippen MR) is 62.2 cm³/mol. The number of rotatable bonds is 2. The van der Waals surface area contributed by atoms with Crippen molar-refractivity contribution in [1.29, 1.82) is 0 Å². The molecule has 6 heteroatoms. The van der Waals surface area contributed by atoms with Crippen LogP contribution in [0.25, 0.3) is 11.4 Å². The predicted octanol–water partition coefficient (Wildman–Crippen LogP) is 0.660. The van der Waals surface area contributed by atoms with Crippen molar-refractivity contribution in [3.63, 3.8) is 0 Å². The molecule has 0 saturated carbocycles. The zero-order valence-electron chi connectivity index (χ0n) is 9.45. The first-order valence-electron chi connectivity index (χ1n) is 5.84. The fourth-order valence-electron chi connectivity index (χ4n) is 2.19. The van der Waals surface area contributed by atoms with Crippen LogP contribution in [0.15, 0.2) is 24.5 Å². The summed E-state index contributed by atoms with van der Waals surface area (Å²) in [6.45, 7) is 2.06. The maximum absolute atomic E-state index is 4.19. The number of hydrogen-bond donors (Lipinski definition) is 1. The minimum Gasteiger partial charge on any atom is -0.317 e. The van der Waals surface area contributed by atoms with Gasteiger partial charge in [0.15, 0.2) is 0 Å². The third-order valence-corrected chi connectivity index (χ3v) is 3.06. The van der Waals surface area contributed by atoms with E-state index in [0.717, 1.165) is 37.3 Å². The molecule has 1 aliphatic rings. The van der Waals surface area contributed by atoms with E-state index in [1.165, 1.54) is 0 Å². The Balaban J connectivity index is 1.93. The second-order valence-corrected chi connectivity index (χ2v) is 4.15. The quantitative estimate of drug-likeness (QED) is 0.820. The van der Waals surface area contributed by atoms with E-state index in [4.69, 9.17) is 0 Å². The van der Waals surface area contributed by atoms with E-state index in [9.17, 15) is 0 Å². The first kappa shape index (κ1) is 10.3. The van der Waals surface area contributed by atoms with Gasteiger partial charge in [0.05, 0.1) is 12.2 Å². The Hall–Kier alpha value is -1.82. The first-order chi connectivity index (χ1) is 8.45. The van der Waals surface area contributed by atoms with Crippen molar-refractivity contribution in [1.82, 2.24) is 30.5 Å². The molecule has 0 bridgehead atoms. The second kappa shape index (κ2) is 4.58. The van der Waals surface area contributed by atoms with E-state index in [1.807, 2.05) is 16.8 Å². The van der Waals surface area contributed by atoms with E-state index in [0.29, 0.717) is 6.04 Å². The minimum atomic E-state index is 0.413. The zero-order valence-corrected chi connectivity index (χ0v) is 9.45. The number of piperidine rings is 1.